The standard InChI is InChI=1S/C17H16N4O2.C2HF3O2/c1-20(11-12-7-5-6-10-18-12)17(23)15-13-8-3-4-9-14(13)16(22)21(2)19-15;3-2(4,5)1(6)7/h3-10H,11H2,1-2H3;(H,6,7). The molecule has 2 heterocycles. The summed E-state index contributed by atoms with van der Waals surface area (Å²) in [6.45, 7) is 0.374. The van der Waals surface area contributed by atoms with Crippen molar-refractivity contribution in [3.8, 4) is 0 Å². The number of carbonyl (C=O) groups is 2. The fourth-order valence-electron chi connectivity index (χ4n) is 2.44. The van der Waals surface area contributed by atoms with Crippen molar-refractivity contribution in [1.29, 1.82) is 0 Å². The minimum atomic E-state index is -5.08. The average molecular weight is 422 g/mol. The van der Waals surface area contributed by atoms with Crippen LogP contribution >= 0.6 is 0 Å². The number of benzene rings is 1. The van der Waals surface area contributed by atoms with E-state index in [-0.39, 0.29) is 17.2 Å². The molecule has 3 aromatic rings. The van der Waals surface area contributed by atoms with E-state index in [2.05, 4.69) is 10.1 Å². The number of alkyl halides is 3. The van der Waals surface area contributed by atoms with E-state index >= 15 is 0 Å². The number of carbonyl (C=O) groups excluding carboxylic acids is 1. The van der Waals surface area contributed by atoms with Gasteiger partial charge in [-0.15, -0.1) is 0 Å². The summed E-state index contributed by atoms with van der Waals surface area (Å²) < 4.78 is 32.9. The Kier molecular flexibility index (Phi) is 6.88. The lowest BCUT2D eigenvalue weighted by atomic mass is 10.1. The number of aliphatic carboxylic acids is 1. The van der Waals surface area contributed by atoms with Gasteiger partial charge in [-0.25, -0.2) is 9.48 Å². The van der Waals surface area contributed by atoms with Gasteiger partial charge in [0.05, 0.1) is 17.6 Å². The maximum Gasteiger partial charge on any atom is 0.490 e. The highest BCUT2D eigenvalue weighted by atomic mass is 19.4. The summed E-state index contributed by atoms with van der Waals surface area (Å²) in [5, 5.41) is 12.3. The molecule has 0 saturated carbocycles. The van der Waals surface area contributed by atoms with Crippen LogP contribution in [0.2, 0.25) is 0 Å². The Morgan fingerprint density at radius 1 is 1.10 bits per heavy atom. The van der Waals surface area contributed by atoms with Crippen LogP contribution in [0.4, 0.5) is 13.2 Å². The smallest absolute Gasteiger partial charge is 0.475 e. The minimum absolute atomic E-state index is 0.218. The Morgan fingerprint density at radius 2 is 1.67 bits per heavy atom. The van der Waals surface area contributed by atoms with Crippen LogP contribution in [0.25, 0.3) is 10.8 Å². The zero-order valence-corrected chi connectivity index (χ0v) is 15.9. The van der Waals surface area contributed by atoms with Crippen molar-refractivity contribution in [2.24, 2.45) is 7.05 Å². The molecule has 1 aromatic carbocycles. The highest BCUT2D eigenvalue weighted by molar-refractivity contribution is 6.04. The highest BCUT2D eigenvalue weighted by Gasteiger charge is 2.38. The van der Waals surface area contributed by atoms with E-state index in [1.807, 2.05) is 18.2 Å². The molecule has 0 radical (unpaired) electrons. The summed E-state index contributed by atoms with van der Waals surface area (Å²) >= 11 is 0. The maximum atomic E-state index is 12.7. The van der Waals surface area contributed by atoms with Gasteiger partial charge >= 0.3 is 12.1 Å². The van der Waals surface area contributed by atoms with Crippen LogP contribution in [-0.2, 0) is 18.4 Å². The number of hydrogen-bond acceptors (Lipinski definition) is 5. The number of fused-ring (bicyclic) bond motifs is 1. The Hall–Kier alpha value is -3.76. The molecule has 8 nitrogen and oxygen atoms in total. The monoisotopic (exact) mass is 422 g/mol. The van der Waals surface area contributed by atoms with Crippen molar-refractivity contribution in [3.63, 3.8) is 0 Å². The Balaban J connectivity index is 0.000000396. The van der Waals surface area contributed by atoms with Crippen molar-refractivity contribution < 1.29 is 27.9 Å². The number of carboxylic acids is 1. The van der Waals surface area contributed by atoms with Gasteiger partial charge in [0.15, 0.2) is 5.69 Å². The van der Waals surface area contributed by atoms with Gasteiger partial charge in [-0.3, -0.25) is 14.6 Å². The molecule has 1 amide bonds. The number of aryl methyl sites for hydroxylation is 1. The topological polar surface area (TPSA) is 105 Å². The second-order valence-corrected chi connectivity index (χ2v) is 6.11. The zero-order valence-electron chi connectivity index (χ0n) is 15.9. The van der Waals surface area contributed by atoms with Crippen molar-refractivity contribution in [1.82, 2.24) is 19.7 Å². The summed E-state index contributed by atoms with van der Waals surface area (Å²) in [5.41, 5.74) is 0.836. The Bertz CT molecular complexity index is 1110. The molecule has 11 heteroatoms. The van der Waals surface area contributed by atoms with Crippen molar-refractivity contribution in [3.05, 3.63) is 70.4 Å². The van der Waals surface area contributed by atoms with Gasteiger partial charge in [-0.05, 0) is 18.2 Å². The van der Waals surface area contributed by atoms with E-state index in [9.17, 15) is 22.8 Å². The molecule has 0 aliphatic rings. The zero-order chi connectivity index (χ0) is 22.5. The third-order valence-corrected chi connectivity index (χ3v) is 3.87. The van der Waals surface area contributed by atoms with Crippen LogP contribution in [0.1, 0.15) is 16.2 Å². The molecular weight excluding hydrogens is 405 g/mol. The second-order valence-electron chi connectivity index (χ2n) is 6.11. The van der Waals surface area contributed by atoms with Crippen LogP contribution in [0.15, 0.2) is 53.5 Å². The second kappa shape index (κ2) is 9.16. The number of aromatic nitrogens is 3. The van der Waals surface area contributed by atoms with E-state index in [0.29, 0.717) is 17.3 Å². The van der Waals surface area contributed by atoms with E-state index in [1.165, 1.54) is 4.68 Å². The molecular formula is C19H17F3N4O4. The van der Waals surface area contributed by atoms with E-state index in [0.717, 1.165) is 5.69 Å². The van der Waals surface area contributed by atoms with Gasteiger partial charge in [0.1, 0.15) is 0 Å². The summed E-state index contributed by atoms with van der Waals surface area (Å²) in [6.07, 6.45) is -3.40. The molecule has 0 atom stereocenters. The molecule has 0 fully saturated rings. The lowest BCUT2D eigenvalue weighted by Crippen LogP contribution is -2.31. The molecule has 0 spiro atoms. The number of amides is 1. The first kappa shape index (κ1) is 22.5. The molecule has 0 saturated heterocycles. The summed E-state index contributed by atoms with van der Waals surface area (Å²) in [4.78, 5) is 39.5. The molecule has 30 heavy (non-hydrogen) atoms. The third kappa shape index (κ3) is 5.40. The fourth-order valence-corrected chi connectivity index (χ4v) is 2.44. The van der Waals surface area contributed by atoms with Crippen molar-refractivity contribution in [2.75, 3.05) is 7.05 Å². The number of hydrogen-bond donors (Lipinski definition) is 1. The molecule has 0 bridgehead atoms. The van der Waals surface area contributed by atoms with Crippen LogP contribution in [-0.4, -0.2) is 49.9 Å². The summed E-state index contributed by atoms with van der Waals surface area (Å²) in [7, 11) is 3.24. The fraction of sp³-hybridized carbons (Fsp3) is 0.211. The van der Waals surface area contributed by atoms with Gasteiger partial charge in [0, 0.05) is 25.7 Å². The minimum Gasteiger partial charge on any atom is -0.475 e. The van der Waals surface area contributed by atoms with Gasteiger partial charge in [-0.1, -0.05) is 24.3 Å². The number of rotatable bonds is 3. The predicted molar refractivity (Wildman–Crippen MR) is 101 cm³/mol. The van der Waals surface area contributed by atoms with Crippen LogP contribution in [0, 0.1) is 0 Å². The maximum absolute atomic E-state index is 12.7. The molecule has 3 rings (SSSR count). The van der Waals surface area contributed by atoms with Crippen LogP contribution < -0.4 is 5.56 Å². The largest absolute Gasteiger partial charge is 0.490 e. The summed E-state index contributed by atoms with van der Waals surface area (Å²) in [6, 6.07) is 12.6. The Morgan fingerprint density at radius 3 is 2.20 bits per heavy atom. The van der Waals surface area contributed by atoms with E-state index in [1.54, 1.807) is 49.5 Å². The average Bonchev–Trinajstić information content (AvgIpc) is 2.70. The lowest BCUT2D eigenvalue weighted by Gasteiger charge is -2.17. The van der Waals surface area contributed by atoms with Gasteiger partial charge in [0.2, 0.25) is 0 Å². The van der Waals surface area contributed by atoms with E-state index < -0.39 is 12.1 Å². The first-order chi connectivity index (χ1) is 14.0. The highest BCUT2D eigenvalue weighted by Crippen LogP contribution is 2.15. The SMILES string of the molecule is CN(Cc1ccccn1)C(=O)c1nn(C)c(=O)c2ccccc12.O=C(O)C(F)(F)F. The molecule has 0 aliphatic carbocycles. The predicted octanol–water partition coefficient (Wildman–Crippen LogP) is 2.23. The molecule has 1 N–H and O–H groups in total. The van der Waals surface area contributed by atoms with Crippen LogP contribution in [0.5, 0.6) is 0 Å². The normalized spacial score (nSPS) is 10.8. The van der Waals surface area contributed by atoms with E-state index in [4.69, 9.17) is 9.90 Å². The van der Waals surface area contributed by atoms with Crippen molar-refractivity contribution in [2.45, 2.75) is 12.7 Å². The van der Waals surface area contributed by atoms with Crippen LogP contribution in [0.3, 0.4) is 0 Å². The first-order valence-electron chi connectivity index (χ1n) is 8.44. The van der Waals surface area contributed by atoms with Crippen molar-refractivity contribution >= 4 is 22.6 Å². The molecule has 0 unspecified atom stereocenters. The summed E-state index contributed by atoms with van der Waals surface area (Å²) in [5.74, 6) is -3.00. The molecule has 2 aromatic heterocycles. The first-order valence-corrected chi connectivity index (χ1v) is 8.44. The number of halogens is 3. The third-order valence-electron chi connectivity index (χ3n) is 3.87. The molecule has 158 valence electrons. The van der Waals surface area contributed by atoms with Gasteiger partial charge in [-0.2, -0.15) is 18.3 Å². The number of nitrogens with zero attached hydrogens (tertiary/aromatic N) is 4. The molecule has 0 aliphatic heterocycles. The van der Waals surface area contributed by atoms with Gasteiger partial charge < -0.3 is 10.0 Å². The number of pyridine rings is 1. The number of carboxylic acid groups (broad SMARTS) is 1. The quantitative estimate of drug-likeness (QED) is 0.694. The lowest BCUT2D eigenvalue weighted by molar-refractivity contribution is -0.192. The van der Waals surface area contributed by atoms with Gasteiger partial charge in [0.25, 0.3) is 11.5 Å². The Labute approximate surface area is 168 Å².